The number of carbonyl (C=O) groups is 4. The van der Waals surface area contributed by atoms with Gasteiger partial charge in [-0.25, -0.2) is 10.1 Å². The molecule has 0 aromatic heterocycles. The quantitative estimate of drug-likeness (QED) is 0.0320. The molecule has 344 valence electrons. The van der Waals surface area contributed by atoms with Crippen molar-refractivity contribution in [3.8, 4) is 0 Å². The third-order valence-corrected chi connectivity index (χ3v) is 14.4. The third-order valence-electron chi connectivity index (χ3n) is 13.8. The number of amides is 1. The van der Waals surface area contributed by atoms with Gasteiger partial charge in [-0.2, -0.15) is 4.89 Å². The van der Waals surface area contributed by atoms with E-state index in [1.54, 1.807) is 107 Å². The summed E-state index contributed by atoms with van der Waals surface area (Å²) < 4.78 is 24.3. The average Bonchev–Trinajstić information content (AvgIpc) is 3.26. The first-order valence-corrected chi connectivity index (χ1v) is 21.8. The zero-order valence-corrected chi connectivity index (χ0v) is 46.7. The van der Waals surface area contributed by atoms with E-state index in [0.717, 1.165) is 0 Å². The molecule has 3 fully saturated rings. The van der Waals surface area contributed by atoms with Gasteiger partial charge in [-0.1, -0.05) is 85.6 Å². The molecule has 1 saturated heterocycles. The van der Waals surface area contributed by atoms with E-state index in [1.807, 2.05) is 0 Å². The van der Waals surface area contributed by atoms with Gasteiger partial charge < -0.3 is 49.4 Å². The SMILES string of the molecule is CC1=C2C(O)C(=O)[C@]3(C)C(OC(OOO)P(O)O)CC4OC[C@@]4(O)C3C(OC(=O)c3ccccc3)C(O)(CC1OC(=O)[C@H](C)C(NC(=O)c1ccccc1)c1ccccc1)C2(C)C.[Ac].[Ac]. The standard InChI is InChI=1S/C45H52NO16P.2Ac/c1-24-29(58-39(50)25(2)33(26-15-9-6-10-16-26)46-38(49)27-17-11-7-12-18-27)22-45(53)37(60-40(51)28-19-13-8-14-20-28)35-43(5,36(48)34(47)32(24)42(45,3)4)30(21-31-44(35,52)23-57-31)59-41(61-62-54)63(55)56;;/h6-20,25,29-31,33-35,37,41,47,52-56H,21-23H2,1-5H3,(H,46,49);;/t25-,29?,30?,31?,33?,34?,35?,37?,41?,43-,44+,45?;;/m1../s1. The van der Waals surface area contributed by atoms with Crippen molar-refractivity contribution in [3.05, 3.63) is 119 Å². The Morgan fingerprint density at radius 2 is 1.45 bits per heavy atom. The van der Waals surface area contributed by atoms with Crippen LogP contribution < -0.4 is 5.32 Å². The molecule has 7 rings (SSSR count). The molecule has 1 amide bonds. The van der Waals surface area contributed by atoms with E-state index in [2.05, 4.69) is 15.2 Å². The van der Waals surface area contributed by atoms with Crippen LogP contribution in [-0.2, 0) is 38.5 Å². The number of ketones is 1. The molecule has 20 heteroatoms. The van der Waals surface area contributed by atoms with Crippen LogP contribution in [-0.4, -0.2) is 108 Å². The van der Waals surface area contributed by atoms with Crippen molar-refractivity contribution in [2.24, 2.45) is 22.7 Å². The van der Waals surface area contributed by atoms with Crippen LogP contribution in [0.5, 0.6) is 0 Å². The molecule has 9 unspecified atom stereocenters. The van der Waals surface area contributed by atoms with Gasteiger partial charge in [0.2, 0.25) is 8.38 Å². The van der Waals surface area contributed by atoms with Crippen molar-refractivity contribution in [2.75, 3.05) is 6.61 Å². The van der Waals surface area contributed by atoms with Crippen molar-refractivity contribution in [2.45, 2.75) is 101 Å². The van der Waals surface area contributed by atoms with Crippen LogP contribution in [0.2, 0.25) is 0 Å². The zero-order chi connectivity index (χ0) is 45.6. The van der Waals surface area contributed by atoms with E-state index >= 15 is 4.79 Å². The number of fused-ring (bicyclic) bond motifs is 5. The summed E-state index contributed by atoms with van der Waals surface area (Å²) in [4.78, 5) is 82.4. The van der Waals surface area contributed by atoms with Gasteiger partial charge >= 0.3 is 11.9 Å². The number of benzene rings is 3. The summed E-state index contributed by atoms with van der Waals surface area (Å²) in [5.41, 5.74) is -7.11. The molecule has 65 heavy (non-hydrogen) atoms. The van der Waals surface area contributed by atoms with E-state index in [0.29, 0.717) is 11.1 Å². The number of ether oxygens (including phenoxy) is 4. The monoisotopic (exact) mass is 1350 g/mol. The first-order chi connectivity index (χ1) is 29.8. The van der Waals surface area contributed by atoms with E-state index in [4.69, 9.17) is 24.2 Å². The molecule has 1 aliphatic heterocycles. The van der Waals surface area contributed by atoms with Gasteiger partial charge in [0, 0.05) is 118 Å². The number of hydrogen-bond acceptors (Lipinski definition) is 16. The summed E-state index contributed by atoms with van der Waals surface area (Å²) in [5, 5.41) is 54.3. The largest absolute Gasteiger partial charge is 0.457 e. The molecule has 12 atom stereocenters. The molecule has 7 N–H and O–H groups in total. The van der Waals surface area contributed by atoms with Crippen LogP contribution in [0.3, 0.4) is 0 Å². The second kappa shape index (κ2) is 21.6. The minimum absolute atomic E-state index is 0. The molecule has 4 aliphatic rings. The molecule has 3 aromatic rings. The van der Waals surface area contributed by atoms with Crippen molar-refractivity contribution in [1.29, 1.82) is 0 Å². The van der Waals surface area contributed by atoms with Crippen LogP contribution in [0.25, 0.3) is 0 Å². The number of hydrogen-bond donors (Lipinski definition) is 7. The summed E-state index contributed by atoms with van der Waals surface area (Å²) in [5.74, 6) is -5.94. The zero-order valence-electron chi connectivity index (χ0n) is 36.3. The second-order valence-electron chi connectivity index (χ2n) is 17.5. The van der Waals surface area contributed by atoms with E-state index in [1.165, 1.54) is 19.1 Å². The molecule has 2 saturated carbocycles. The van der Waals surface area contributed by atoms with Crippen molar-refractivity contribution in [3.63, 3.8) is 0 Å². The Morgan fingerprint density at radius 1 is 0.877 bits per heavy atom. The Kier molecular flexibility index (Phi) is 18.0. The third kappa shape index (κ3) is 9.93. The number of rotatable bonds is 13. The van der Waals surface area contributed by atoms with Crippen LogP contribution in [0.4, 0.5) is 0 Å². The van der Waals surface area contributed by atoms with Crippen molar-refractivity contribution < 1.29 is 167 Å². The number of Topliss-reactive ketones (excluding diaryl/α,β-unsaturated/α-hetero) is 1. The molecule has 1 heterocycles. The maximum Gasteiger partial charge on any atom is 0.338 e. The number of esters is 2. The van der Waals surface area contributed by atoms with Gasteiger partial charge in [-0.3, -0.25) is 14.4 Å². The smallest absolute Gasteiger partial charge is 0.338 e. The molecule has 3 aliphatic carbocycles. The van der Waals surface area contributed by atoms with Crippen LogP contribution in [0.15, 0.2) is 102 Å². The summed E-state index contributed by atoms with van der Waals surface area (Å²) in [6, 6.07) is 22.0. The summed E-state index contributed by atoms with van der Waals surface area (Å²) in [6.45, 7) is 7.12. The maximum absolute atomic E-state index is 15.3. The predicted molar refractivity (Wildman–Crippen MR) is 221 cm³/mol. The van der Waals surface area contributed by atoms with Crippen LogP contribution in [0, 0.1) is 111 Å². The fraction of sp³-hybridized carbons (Fsp3) is 0.467. The van der Waals surface area contributed by atoms with Gasteiger partial charge in [-0.15, -0.1) is 0 Å². The Hall–Kier alpha value is -1.61. The molecular formula is C45H52Ac2NO16P. The molecule has 17 nitrogen and oxygen atoms in total. The normalized spacial score (nSPS) is 31.4. The molecule has 2 bridgehead atoms. The first kappa shape index (κ1) is 54.3. The Bertz CT molecular complexity index is 2220. The molecule has 2 radical (unpaired) electrons. The summed E-state index contributed by atoms with van der Waals surface area (Å²) >= 11 is 0. The van der Waals surface area contributed by atoms with Gasteiger partial charge in [0.15, 0.2) is 5.78 Å². The van der Waals surface area contributed by atoms with Crippen LogP contribution >= 0.6 is 8.38 Å². The fourth-order valence-corrected chi connectivity index (χ4v) is 10.6. The summed E-state index contributed by atoms with van der Waals surface area (Å²) in [7, 11) is -3.18. The van der Waals surface area contributed by atoms with E-state index in [9.17, 15) is 39.5 Å². The Balaban J connectivity index is 0.00000397. The number of nitrogens with one attached hydrogen (secondary N) is 1. The van der Waals surface area contributed by atoms with Crippen molar-refractivity contribution in [1.82, 2.24) is 5.32 Å². The van der Waals surface area contributed by atoms with Gasteiger partial charge in [-0.05, 0) is 61.7 Å². The first-order valence-electron chi connectivity index (χ1n) is 20.5. The van der Waals surface area contributed by atoms with Gasteiger partial charge in [0.25, 0.3) is 11.9 Å². The molecule has 0 spiro atoms. The Morgan fingerprint density at radius 3 is 1.98 bits per heavy atom. The maximum atomic E-state index is 15.3. The molecule has 3 aromatic carbocycles. The number of carbonyl (C=O) groups excluding carboxylic acids is 4. The minimum Gasteiger partial charge on any atom is -0.457 e. The average molecular weight is 1350 g/mol. The summed E-state index contributed by atoms with van der Waals surface area (Å²) in [6.07, 6.45) is -8.83. The van der Waals surface area contributed by atoms with Crippen LogP contribution in [0.1, 0.15) is 79.8 Å². The number of aliphatic hydroxyl groups excluding tert-OH is 1. The number of aliphatic hydroxyl groups is 3. The Labute approximate surface area is 448 Å². The minimum atomic E-state index is -3.18. The molecular weight excluding hydrogens is 1300 g/mol. The van der Waals surface area contributed by atoms with Gasteiger partial charge in [0.05, 0.1) is 41.8 Å². The van der Waals surface area contributed by atoms with E-state index in [-0.39, 0.29) is 111 Å². The predicted octanol–water partition coefficient (Wildman–Crippen LogP) is 3.89. The second-order valence-corrected chi connectivity index (χ2v) is 18.5. The van der Waals surface area contributed by atoms with Crippen molar-refractivity contribution >= 4 is 32.0 Å². The van der Waals surface area contributed by atoms with Gasteiger partial charge in [0.1, 0.15) is 29.5 Å². The fourth-order valence-electron chi connectivity index (χ4n) is 10.2. The van der Waals surface area contributed by atoms with E-state index < -0.39 is 121 Å². The topological polar surface area (TPSA) is 257 Å².